The summed E-state index contributed by atoms with van der Waals surface area (Å²) in [5.41, 5.74) is 0. The Kier molecular flexibility index (Phi) is 4.64. The largest absolute Gasteiger partial charge is 0.478 e. The van der Waals surface area contributed by atoms with Gasteiger partial charge in [-0.25, -0.2) is 9.97 Å². The number of aromatic nitrogens is 2. The number of halogens is 3. The Bertz CT molecular complexity index is 441. The molecule has 1 aromatic rings. The quantitative estimate of drug-likeness (QED) is 0.898. The van der Waals surface area contributed by atoms with Gasteiger partial charge < -0.3 is 10.1 Å². The molecule has 2 rings (SSSR count). The second-order valence-corrected chi connectivity index (χ2v) is 4.65. The molecule has 8 heteroatoms. The summed E-state index contributed by atoms with van der Waals surface area (Å²) in [6.07, 6.45) is -2.12. The predicted molar refractivity (Wildman–Crippen MR) is 67.7 cm³/mol. The first kappa shape index (κ1) is 14.8. The van der Waals surface area contributed by atoms with Crippen LogP contribution in [0.1, 0.15) is 13.3 Å². The minimum absolute atomic E-state index is 0.0401. The maximum absolute atomic E-state index is 12.3. The summed E-state index contributed by atoms with van der Waals surface area (Å²) in [5.74, 6) is 1.03. The van der Waals surface area contributed by atoms with Gasteiger partial charge in [-0.3, -0.25) is 4.90 Å². The maximum atomic E-state index is 12.3. The SMILES string of the molecule is CCOc1cc(NC2CCN(CC(F)(F)F)C2)ncn1. The van der Waals surface area contributed by atoms with Gasteiger partial charge >= 0.3 is 6.18 Å². The average molecular weight is 290 g/mol. The normalized spacial score (nSPS) is 20.1. The van der Waals surface area contributed by atoms with E-state index >= 15 is 0 Å². The highest BCUT2D eigenvalue weighted by atomic mass is 19.4. The molecule has 1 aromatic heterocycles. The van der Waals surface area contributed by atoms with Crippen molar-refractivity contribution >= 4 is 5.82 Å². The molecule has 0 aliphatic carbocycles. The lowest BCUT2D eigenvalue weighted by molar-refractivity contribution is -0.143. The van der Waals surface area contributed by atoms with Crippen LogP contribution < -0.4 is 10.1 Å². The van der Waals surface area contributed by atoms with Crippen molar-refractivity contribution in [2.75, 3.05) is 31.6 Å². The number of likely N-dealkylation sites (tertiary alicyclic amines) is 1. The van der Waals surface area contributed by atoms with E-state index in [4.69, 9.17) is 4.74 Å². The predicted octanol–water partition coefficient (Wildman–Crippen LogP) is 1.92. The summed E-state index contributed by atoms with van der Waals surface area (Å²) >= 11 is 0. The fourth-order valence-electron chi connectivity index (χ4n) is 2.20. The minimum Gasteiger partial charge on any atom is -0.478 e. The zero-order valence-electron chi connectivity index (χ0n) is 11.2. The summed E-state index contributed by atoms with van der Waals surface area (Å²) in [4.78, 5) is 9.37. The summed E-state index contributed by atoms with van der Waals surface area (Å²) < 4.78 is 42.1. The lowest BCUT2D eigenvalue weighted by Crippen LogP contribution is -2.34. The first-order valence-corrected chi connectivity index (χ1v) is 6.47. The monoisotopic (exact) mass is 290 g/mol. The van der Waals surface area contributed by atoms with Crippen LogP contribution in [0.2, 0.25) is 0 Å². The topological polar surface area (TPSA) is 50.3 Å². The van der Waals surface area contributed by atoms with Crippen LogP contribution >= 0.6 is 0 Å². The number of rotatable bonds is 5. The van der Waals surface area contributed by atoms with Crippen LogP contribution in [0.15, 0.2) is 12.4 Å². The third-order valence-electron chi connectivity index (χ3n) is 2.96. The van der Waals surface area contributed by atoms with E-state index < -0.39 is 12.7 Å². The number of ether oxygens (including phenoxy) is 1. The number of nitrogens with zero attached hydrogens (tertiary/aromatic N) is 3. The van der Waals surface area contributed by atoms with Crippen molar-refractivity contribution in [3.8, 4) is 5.88 Å². The lowest BCUT2D eigenvalue weighted by Gasteiger charge is -2.18. The van der Waals surface area contributed by atoms with Crippen LogP contribution in [0.5, 0.6) is 5.88 Å². The highest BCUT2D eigenvalue weighted by molar-refractivity contribution is 5.38. The van der Waals surface area contributed by atoms with Gasteiger partial charge in [0.05, 0.1) is 13.2 Å². The van der Waals surface area contributed by atoms with E-state index in [-0.39, 0.29) is 6.04 Å². The number of alkyl halides is 3. The maximum Gasteiger partial charge on any atom is 0.401 e. The van der Waals surface area contributed by atoms with E-state index in [1.54, 1.807) is 6.07 Å². The molecule has 0 saturated carbocycles. The van der Waals surface area contributed by atoms with Gasteiger partial charge in [-0.2, -0.15) is 13.2 Å². The highest BCUT2D eigenvalue weighted by Gasteiger charge is 2.34. The van der Waals surface area contributed by atoms with Crippen LogP contribution in [0.4, 0.5) is 19.0 Å². The second-order valence-electron chi connectivity index (χ2n) is 4.65. The third kappa shape index (κ3) is 4.52. The molecule has 5 nitrogen and oxygen atoms in total. The molecule has 1 saturated heterocycles. The third-order valence-corrected chi connectivity index (χ3v) is 2.96. The Morgan fingerprint density at radius 2 is 2.25 bits per heavy atom. The zero-order chi connectivity index (χ0) is 14.6. The summed E-state index contributed by atoms with van der Waals surface area (Å²) in [6.45, 7) is 2.27. The van der Waals surface area contributed by atoms with Crippen LogP contribution in [-0.4, -0.2) is 53.3 Å². The van der Waals surface area contributed by atoms with Gasteiger partial charge in [0.1, 0.15) is 12.1 Å². The standard InChI is InChI=1S/C12H17F3N4O/c1-2-20-11-5-10(16-8-17-11)18-9-3-4-19(6-9)7-12(13,14)15/h5,8-9H,2-4,6-7H2,1H3,(H,16,17,18). The highest BCUT2D eigenvalue weighted by Crippen LogP contribution is 2.21. The number of hydrogen-bond donors (Lipinski definition) is 1. The van der Waals surface area contributed by atoms with Crippen LogP contribution in [0.25, 0.3) is 0 Å². The van der Waals surface area contributed by atoms with Crippen molar-refractivity contribution in [1.82, 2.24) is 14.9 Å². The van der Waals surface area contributed by atoms with Crippen molar-refractivity contribution < 1.29 is 17.9 Å². The van der Waals surface area contributed by atoms with Crippen molar-refractivity contribution in [3.05, 3.63) is 12.4 Å². The molecular formula is C12H17F3N4O. The molecule has 112 valence electrons. The molecule has 0 aromatic carbocycles. The molecule has 0 bridgehead atoms. The van der Waals surface area contributed by atoms with E-state index in [0.717, 1.165) is 0 Å². The zero-order valence-corrected chi connectivity index (χ0v) is 11.2. The molecule has 1 aliphatic rings. The van der Waals surface area contributed by atoms with Gasteiger partial charge in [-0.15, -0.1) is 0 Å². The molecule has 0 spiro atoms. The summed E-state index contributed by atoms with van der Waals surface area (Å²) in [5, 5.41) is 3.12. The van der Waals surface area contributed by atoms with Gasteiger partial charge in [-0.1, -0.05) is 0 Å². The van der Waals surface area contributed by atoms with Crippen molar-refractivity contribution in [3.63, 3.8) is 0 Å². The molecule has 1 unspecified atom stereocenters. The van der Waals surface area contributed by atoms with Crippen LogP contribution in [0, 0.1) is 0 Å². The van der Waals surface area contributed by atoms with Crippen molar-refractivity contribution in [1.29, 1.82) is 0 Å². The van der Waals surface area contributed by atoms with E-state index in [2.05, 4.69) is 15.3 Å². The number of nitrogens with one attached hydrogen (secondary N) is 1. The first-order chi connectivity index (χ1) is 9.46. The first-order valence-electron chi connectivity index (χ1n) is 6.47. The van der Waals surface area contributed by atoms with Crippen LogP contribution in [0.3, 0.4) is 0 Å². The molecule has 1 atom stereocenters. The Hall–Kier alpha value is -1.57. The van der Waals surface area contributed by atoms with Crippen molar-refractivity contribution in [2.24, 2.45) is 0 Å². The van der Waals surface area contributed by atoms with Crippen molar-refractivity contribution in [2.45, 2.75) is 25.6 Å². The molecule has 0 radical (unpaired) electrons. The van der Waals surface area contributed by atoms with Gasteiger partial charge in [0.2, 0.25) is 5.88 Å². The average Bonchev–Trinajstić information content (AvgIpc) is 2.75. The van der Waals surface area contributed by atoms with Gasteiger partial charge in [0.15, 0.2) is 0 Å². The fraction of sp³-hybridized carbons (Fsp3) is 0.667. The number of anilines is 1. The smallest absolute Gasteiger partial charge is 0.401 e. The van der Waals surface area contributed by atoms with E-state index in [1.165, 1.54) is 11.2 Å². The molecule has 0 amide bonds. The van der Waals surface area contributed by atoms with E-state index in [1.807, 2.05) is 6.92 Å². The number of hydrogen-bond acceptors (Lipinski definition) is 5. The van der Waals surface area contributed by atoms with Crippen LogP contribution in [-0.2, 0) is 0 Å². The summed E-state index contributed by atoms with van der Waals surface area (Å²) in [6, 6.07) is 1.61. The Morgan fingerprint density at radius 1 is 1.45 bits per heavy atom. The minimum atomic E-state index is -4.15. The van der Waals surface area contributed by atoms with Gasteiger partial charge in [0.25, 0.3) is 0 Å². The molecular weight excluding hydrogens is 273 g/mol. The molecule has 1 N–H and O–H groups in total. The Balaban J connectivity index is 1.87. The molecule has 20 heavy (non-hydrogen) atoms. The molecule has 2 heterocycles. The van der Waals surface area contributed by atoms with E-state index in [0.29, 0.717) is 37.8 Å². The van der Waals surface area contributed by atoms with E-state index in [9.17, 15) is 13.2 Å². The van der Waals surface area contributed by atoms with Gasteiger partial charge in [0, 0.05) is 25.2 Å². The fourth-order valence-corrected chi connectivity index (χ4v) is 2.20. The Morgan fingerprint density at radius 3 is 2.95 bits per heavy atom. The lowest BCUT2D eigenvalue weighted by atomic mass is 10.2. The molecule has 1 fully saturated rings. The van der Waals surface area contributed by atoms with Gasteiger partial charge in [-0.05, 0) is 13.3 Å². The Labute approximate surface area is 115 Å². The second kappa shape index (κ2) is 6.25. The summed E-state index contributed by atoms with van der Waals surface area (Å²) in [7, 11) is 0. The molecule has 1 aliphatic heterocycles.